The molecule has 18 nitrogen and oxygen atoms in total. The summed E-state index contributed by atoms with van der Waals surface area (Å²) in [5.74, 6) is -1.22. The van der Waals surface area contributed by atoms with Gasteiger partial charge in [0.2, 0.25) is 0 Å². The Hall–Kier alpha value is -1.61. The van der Waals surface area contributed by atoms with E-state index in [1.54, 1.807) is 0 Å². The topological polar surface area (TPSA) is 289 Å². The van der Waals surface area contributed by atoms with Crippen LogP contribution < -0.4 is 0 Å². The van der Waals surface area contributed by atoms with Gasteiger partial charge >= 0.3 is 19.8 Å². The number of carbonyl (C=O) groups excluding carboxylic acids is 2. The van der Waals surface area contributed by atoms with E-state index in [2.05, 4.69) is 26.0 Å². The van der Waals surface area contributed by atoms with Gasteiger partial charge in [0.1, 0.15) is 67.6 Å². The zero-order valence-electron chi connectivity index (χ0n) is 43.3. The summed E-state index contributed by atoms with van der Waals surface area (Å²) >= 11 is 0. The van der Waals surface area contributed by atoms with E-state index >= 15 is 0 Å². The van der Waals surface area contributed by atoms with Crippen LogP contribution >= 0.6 is 7.82 Å². The largest absolute Gasteiger partial charge is 0.472 e. The van der Waals surface area contributed by atoms with E-state index in [4.69, 9.17) is 28.0 Å². The Morgan fingerprint density at radius 3 is 1.41 bits per heavy atom. The van der Waals surface area contributed by atoms with Crippen molar-refractivity contribution in [1.29, 1.82) is 0 Å². The summed E-state index contributed by atoms with van der Waals surface area (Å²) in [5, 5.41) is 83.1. The number of unbranched alkanes of at least 4 members (excludes halogenated alkanes) is 26. The number of hydrogen-bond donors (Lipinski definition) is 9. The zero-order chi connectivity index (χ0) is 52.3. The molecule has 0 bridgehead atoms. The molecule has 2 fully saturated rings. The number of aliphatic hydroxyl groups excluding tert-OH is 8. The van der Waals surface area contributed by atoms with Crippen molar-refractivity contribution in [3.8, 4) is 0 Å². The van der Waals surface area contributed by atoms with Crippen LogP contribution in [-0.2, 0) is 42.1 Å². The first-order valence-corrected chi connectivity index (χ1v) is 29.0. The van der Waals surface area contributed by atoms with Crippen molar-refractivity contribution < 1.29 is 87.9 Å². The van der Waals surface area contributed by atoms with Crippen LogP contribution in [0.4, 0.5) is 0 Å². The number of allylic oxidation sites excluding steroid dienone is 2. The van der Waals surface area contributed by atoms with Crippen molar-refractivity contribution >= 4 is 19.8 Å². The molecule has 0 aromatic carbocycles. The van der Waals surface area contributed by atoms with Crippen molar-refractivity contribution in [3.05, 3.63) is 12.2 Å². The summed E-state index contributed by atoms with van der Waals surface area (Å²) in [6, 6.07) is 0. The first-order valence-electron chi connectivity index (χ1n) is 27.5. The van der Waals surface area contributed by atoms with Crippen LogP contribution in [-0.4, -0.2) is 151 Å². The molecule has 0 aromatic rings. The third-order valence-corrected chi connectivity index (χ3v) is 14.5. The molecular formula is C52H97O18P. The number of esters is 2. The lowest BCUT2D eigenvalue weighted by Crippen LogP contribution is -2.67. The average Bonchev–Trinajstić information content (AvgIpc) is 3.35. The second-order valence-electron chi connectivity index (χ2n) is 19.8. The summed E-state index contributed by atoms with van der Waals surface area (Å²) in [6.45, 7) is 2.24. The molecule has 418 valence electrons. The molecule has 1 heterocycles. The van der Waals surface area contributed by atoms with Gasteiger partial charge in [-0.3, -0.25) is 18.6 Å². The zero-order valence-corrected chi connectivity index (χ0v) is 44.2. The number of rotatable bonds is 43. The third kappa shape index (κ3) is 28.2. The number of carbonyl (C=O) groups is 2. The molecule has 0 amide bonds. The van der Waals surface area contributed by atoms with Crippen LogP contribution in [0, 0.1) is 0 Å². The average molecular weight is 1040 g/mol. The lowest BCUT2D eigenvalue weighted by Gasteiger charge is -2.47. The van der Waals surface area contributed by atoms with E-state index in [1.165, 1.54) is 122 Å². The van der Waals surface area contributed by atoms with Gasteiger partial charge in [0, 0.05) is 12.8 Å². The lowest BCUT2D eigenvalue weighted by molar-refractivity contribution is -0.338. The molecule has 19 heteroatoms. The van der Waals surface area contributed by atoms with E-state index in [-0.39, 0.29) is 12.8 Å². The van der Waals surface area contributed by atoms with Crippen molar-refractivity contribution in [1.82, 2.24) is 0 Å². The van der Waals surface area contributed by atoms with Crippen LogP contribution in [0.2, 0.25) is 0 Å². The molecule has 0 spiro atoms. The molecule has 1 aliphatic carbocycles. The summed E-state index contributed by atoms with van der Waals surface area (Å²) < 4.78 is 45.5. The quantitative estimate of drug-likeness (QED) is 0.0126. The summed E-state index contributed by atoms with van der Waals surface area (Å²) in [7, 11) is -5.38. The minimum absolute atomic E-state index is 0.0349. The molecule has 0 aromatic heterocycles. The Balaban J connectivity index is 1.91. The second-order valence-corrected chi connectivity index (χ2v) is 21.2. The van der Waals surface area contributed by atoms with Crippen molar-refractivity contribution in [2.75, 3.05) is 19.8 Å². The number of aliphatic hydroxyl groups is 8. The molecule has 13 unspecified atom stereocenters. The molecule has 2 rings (SSSR count). The molecule has 0 radical (unpaired) electrons. The summed E-state index contributed by atoms with van der Waals surface area (Å²) in [5.41, 5.74) is 0. The van der Waals surface area contributed by atoms with E-state index < -0.39 is 113 Å². The normalized spacial score (nSPS) is 27.2. The van der Waals surface area contributed by atoms with Crippen molar-refractivity contribution in [2.24, 2.45) is 0 Å². The molecule has 9 N–H and O–H groups in total. The monoisotopic (exact) mass is 1040 g/mol. The fourth-order valence-electron chi connectivity index (χ4n) is 8.93. The molecule has 1 saturated carbocycles. The maximum atomic E-state index is 13.4. The third-order valence-electron chi connectivity index (χ3n) is 13.5. The van der Waals surface area contributed by atoms with E-state index in [9.17, 15) is 59.9 Å². The molecule has 1 aliphatic heterocycles. The number of hydrogen-bond acceptors (Lipinski definition) is 17. The highest BCUT2D eigenvalue weighted by Gasteiger charge is 2.55. The van der Waals surface area contributed by atoms with Crippen LogP contribution in [0.25, 0.3) is 0 Å². The number of phosphoric acid groups is 1. The van der Waals surface area contributed by atoms with Gasteiger partial charge in [0.25, 0.3) is 0 Å². The van der Waals surface area contributed by atoms with E-state index in [0.29, 0.717) is 12.8 Å². The highest BCUT2D eigenvalue weighted by atomic mass is 31.2. The van der Waals surface area contributed by atoms with Gasteiger partial charge in [-0.25, -0.2) is 4.57 Å². The molecule has 1 saturated heterocycles. The number of phosphoric ester groups is 1. The van der Waals surface area contributed by atoms with Crippen molar-refractivity contribution in [3.63, 3.8) is 0 Å². The predicted octanol–water partition coefficient (Wildman–Crippen LogP) is 7.28. The second kappa shape index (κ2) is 39.8. The van der Waals surface area contributed by atoms with Gasteiger partial charge in [-0.1, -0.05) is 174 Å². The molecule has 71 heavy (non-hydrogen) atoms. The highest BCUT2D eigenvalue weighted by Crippen LogP contribution is 2.48. The van der Waals surface area contributed by atoms with Crippen LogP contribution in [0.1, 0.15) is 213 Å². The van der Waals surface area contributed by atoms with Gasteiger partial charge in [-0.05, 0) is 38.5 Å². The van der Waals surface area contributed by atoms with Gasteiger partial charge in [-0.15, -0.1) is 0 Å². The Kier molecular flexibility index (Phi) is 36.7. The highest BCUT2D eigenvalue weighted by molar-refractivity contribution is 7.47. The Morgan fingerprint density at radius 2 is 0.930 bits per heavy atom. The lowest BCUT2D eigenvalue weighted by atomic mass is 9.84. The minimum atomic E-state index is -5.38. The first-order chi connectivity index (χ1) is 34.2. The Bertz CT molecular complexity index is 1420. The summed E-state index contributed by atoms with van der Waals surface area (Å²) in [6.07, 6.45) is 14.3. The van der Waals surface area contributed by atoms with Gasteiger partial charge in [0.15, 0.2) is 12.4 Å². The minimum Gasteiger partial charge on any atom is -0.462 e. The standard InChI is InChI=1S/C52H97O18P/c1-3-5-7-9-11-13-15-17-19-20-21-23-25-27-29-31-33-35-42(55)67-39(37-65-41(54)34-32-30-28-26-24-22-18-16-14-12-10-8-6-4-2)38-66-71(63,64)70-51-48(61)46(59)45(58)47(60)50(51)69-52-49(62)44(57)43(56)40(36-53)68-52/h22,24,39-40,43-53,56-62H,3-21,23,25-38H2,1-2H3,(H,63,64). The predicted molar refractivity (Wildman–Crippen MR) is 268 cm³/mol. The summed E-state index contributed by atoms with van der Waals surface area (Å²) in [4.78, 5) is 36.6. The maximum absolute atomic E-state index is 13.4. The van der Waals surface area contributed by atoms with Gasteiger partial charge < -0.3 is 64.7 Å². The van der Waals surface area contributed by atoms with Crippen LogP contribution in [0.15, 0.2) is 12.2 Å². The molecule has 2 aliphatic rings. The molecule has 13 atom stereocenters. The Labute approximate surface area is 424 Å². The van der Waals surface area contributed by atoms with E-state index in [1.807, 2.05) is 0 Å². The maximum Gasteiger partial charge on any atom is 0.472 e. The van der Waals surface area contributed by atoms with Crippen LogP contribution in [0.3, 0.4) is 0 Å². The fraction of sp³-hybridized carbons (Fsp3) is 0.923. The van der Waals surface area contributed by atoms with Crippen LogP contribution in [0.5, 0.6) is 0 Å². The molecular weight excluding hydrogens is 944 g/mol. The van der Waals surface area contributed by atoms with E-state index in [0.717, 1.165) is 51.4 Å². The number of ether oxygens (including phenoxy) is 4. The fourth-order valence-corrected chi connectivity index (χ4v) is 9.90. The van der Waals surface area contributed by atoms with Crippen molar-refractivity contribution in [2.45, 2.75) is 286 Å². The van der Waals surface area contributed by atoms with Gasteiger partial charge in [0.05, 0.1) is 13.2 Å². The smallest absolute Gasteiger partial charge is 0.462 e. The Morgan fingerprint density at radius 1 is 0.521 bits per heavy atom. The SMILES string of the molecule is CCCCCCCCCC=CCCCCCC(=O)OCC(COP(=O)(O)OC1C(O)C(O)C(O)C(O)C1OC1OC(CO)C(O)C(O)C1O)OC(=O)CCCCCCCCCCCCCCCCCCC. The first kappa shape index (κ1) is 65.5. The van der Waals surface area contributed by atoms with Gasteiger partial charge in [-0.2, -0.15) is 0 Å².